The van der Waals surface area contributed by atoms with Gasteiger partial charge < -0.3 is 15.0 Å². The number of nitrogens with one attached hydrogen (secondary N) is 1. The van der Waals surface area contributed by atoms with Crippen LogP contribution in [0.1, 0.15) is 35.6 Å². The number of rotatable bonds is 7. The van der Waals surface area contributed by atoms with Gasteiger partial charge in [-0.3, -0.25) is 14.4 Å². The van der Waals surface area contributed by atoms with Gasteiger partial charge in [0.05, 0.1) is 31.1 Å². The summed E-state index contributed by atoms with van der Waals surface area (Å²) in [6, 6.07) is 10.7. The summed E-state index contributed by atoms with van der Waals surface area (Å²) in [5.41, 5.74) is 0.0493. The van der Waals surface area contributed by atoms with Crippen molar-refractivity contribution in [3.8, 4) is 0 Å². The molecule has 0 radical (unpaired) electrons. The molecule has 2 aromatic rings. The van der Waals surface area contributed by atoms with E-state index in [1.807, 2.05) is 0 Å². The SMILES string of the molecule is COC(=O)CC(NC(=O)C1CC(=O)N(Cc2cccc(C(F)(F)F)c2)C1)c1ccccc1Cl. The average Bonchev–Trinajstić information content (AvgIpc) is 3.13. The first kappa shape index (κ1) is 24.6. The van der Waals surface area contributed by atoms with Crippen LogP contribution < -0.4 is 5.32 Å². The van der Waals surface area contributed by atoms with Crippen molar-refractivity contribution in [2.75, 3.05) is 13.7 Å². The molecule has 3 rings (SSSR count). The molecule has 2 unspecified atom stereocenters. The van der Waals surface area contributed by atoms with E-state index in [0.29, 0.717) is 16.1 Å². The van der Waals surface area contributed by atoms with Crippen LogP contribution in [0.15, 0.2) is 48.5 Å². The number of ether oxygens (including phenoxy) is 1. The fourth-order valence-electron chi connectivity index (χ4n) is 3.70. The van der Waals surface area contributed by atoms with Crippen LogP contribution in [0.3, 0.4) is 0 Å². The molecule has 1 heterocycles. The Hall–Kier alpha value is -3.07. The molecule has 1 N–H and O–H groups in total. The molecule has 2 aromatic carbocycles. The van der Waals surface area contributed by atoms with Crippen molar-refractivity contribution < 1.29 is 32.3 Å². The highest BCUT2D eigenvalue weighted by atomic mass is 35.5. The van der Waals surface area contributed by atoms with Gasteiger partial charge in [-0.2, -0.15) is 13.2 Å². The number of amides is 2. The molecule has 2 atom stereocenters. The largest absolute Gasteiger partial charge is 0.469 e. The Bertz CT molecular complexity index is 1040. The van der Waals surface area contributed by atoms with Gasteiger partial charge in [-0.05, 0) is 29.3 Å². The number of halogens is 4. The lowest BCUT2D eigenvalue weighted by atomic mass is 10.0. The van der Waals surface area contributed by atoms with Gasteiger partial charge in [0.25, 0.3) is 0 Å². The van der Waals surface area contributed by atoms with Crippen LogP contribution in [0.2, 0.25) is 5.02 Å². The number of hydrogen-bond acceptors (Lipinski definition) is 4. The van der Waals surface area contributed by atoms with Gasteiger partial charge in [0, 0.05) is 24.5 Å². The van der Waals surface area contributed by atoms with Crippen LogP contribution in [0.5, 0.6) is 0 Å². The molecule has 10 heteroatoms. The summed E-state index contributed by atoms with van der Waals surface area (Å²) in [6.07, 6.45) is -4.72. The van der Waals surface area contributed by atoms with E-state index in [-0.39, 0.29) is 31.8 Å². The van der Waals surface area contributed by atoms with Gasteiger partial charge in [-0.15, -0.1) is 0 Å². The Kier molecular flexibility index (Phi) is 7.63. The maximum Gasteiger partial charge on any atom is 0.416 e. The second-order valence-corrected chi connectivity index (χ2v) is 8.14. The molecule has 0 aromatic heterocycles. The first-order valence-corrected chi connectivity index (χ1v) is 10.5. The van der Waals surface area contributed by atoms with Crippen LogP contribution in [0.25, 0.3) is 0 Å². The van der Waals surface area contributed by atoms with Crippen LogP contribution in [-0.4, -0.2) is 36.3 Å². The molecule has 33 heavy (non-hydrogen) atoms. The zero-order valence-corrected chi connectivity index (χ0v) is 18.4. The molecule has 0 spiro atoms. The summed E-state index contributed by atoms with van der Waals surface area (Å²) < 4.78 is 43.6. The second-order valence-electron chi connectivity index (χ2n) is 7.74. The average molecular weight is 483 g/mol. The topological polar surface area (TPSA) is 75.7 Å². The van der Waals surface area contributed by atoms with Gasteiger partial charge in [-0.25, -0.2) is 0 Å². The van der Waals surface area contributed by atoms with Crippen molar-refractivity contribution >= 4 is 29.4 Å². The van der Waals surface area contributed by atoms with E-state index in [4.69, 9.17) is 16.3 Å². The van der Waals surface area contributed by atoms with Crippen molar-refractivity contribution in [3.63, 3.8) is 0 Å². The summed E-state index contributed by atoms with van der Waals surface area (Å²) in [5.74, 6) is -2.06. The van der Waals surface area contributed by atoms with E-state index in [1.165, 1.54) is 24.1 Å². The summed E-state index contributed by atoms with van der Waals surface area (Å²) >= 11 is 6.22. The summed E-state index contributed by atoms with van der Waals surface area (Å²) in [4.78, 5) is 38.6. The molecule has 6 nitrogen and oxygen atoms in total. The van der Waals surface area contributed by atoms with Crippen molar-refractivity contribution in [2.45, 2.75) is 31.6 Å². The molecule has 0 aliphatic carbocycles. The van der Waals surface area contributed by atoms with E-state index < -0.39 is 35.6 Å². The Morgan fingerprint density at radius 1 is 1.21 bits per heavy atom. The van der Waals surface area contributed by atoms with E-state index >= 15 is 0 Å². The van der Waals surface area contributed by atoms with Crippen LogP contribution in [0, 0.1) is 5.92 Å². The Morgan fingerprint density at radius 2 is 1.94 bits per heavy atom. The third-order valence-electron chi connectivity index (χ3n) is 5.41. The summed E-state index contributed by atoms with van der Waals surface area (Å²) in [6.45, 7) is 0.0109. The maximum absolute atomic E-state index is 13.0. The minimum atomic E-state index is -4.49. The standard InChI is InChI=1S/C23H22ClF3N2O4/c1-33-21(31)11-19(17-7-2-3-8-18(17)24)28-22(32)15-10-20(30)29(13-15)12-14-5-4-6-16(9-14)23(25,26)27/h2-9,15,19H,10-13H2,1H3,(H,28,32). The molecular weight excluding hydrogens is 461 g/mol. The van der Waals surface area contributed by atoms with Crippen LogP contribution >= 0.6 is 11.6 Å². The second kappa shape index (κ2) is 10.2. The van der Waals surface area contributed by atoms with Gasteiger partial charge in [0.1, 0.15) is 0 Å². The number of nitrogens with zero attached hydrogens (tertiary/aromatic N) is 1. The smallest absolute Gasteiger partial charge is 0.416 e. The highest BCUT2D eigenvalue weighted by molar-refractivity contribution is 6.31. The fraction of sp³-hybridized carbons (Fsp3) is 0.348. The van der Waals surface area contributed by atoms with Gasteiger partial charge in [0.2, 0.25) is 11.8 Å². The Morgan fingerprint density at radius 3 is 2.61 bits per heavy atom. The number of likely N-dealkylation sites (tertiary alicyclic amines) is 1. The lowest BCUT2D eigenvalue weighted by Gasteiger charge is -2.22. The summed E-state index contributed by atoms with van der Waals surface area (Å²) in [7, 11) is 1.23. The molecule has 1 fully saturated rings. The van der Waals surface area contributed by atoms with Crippen molar-refractivity contribution in [1.29, 1.82) is 0 Å². The highest BCUT2D eigenvalue weighted by Gasteiger charge is 2.36. The number of methoxy groups -OCH3 is 1. The predicted molar refractivity (Wildman–Crippen MR) is 114 cm³/mol. The number of benzene rings is 2. The number of alkyl halides is 3. The number of hydrogen-bond donors (Lipinski definition) is 1. The van der Waals surface area contributed by atoms with Crippen molar-refractivity contribution in [2.24, 2.45) is 5.92 Å². The van der Waals surface area contributed by atoms with Gasteiger partial charge >= 0.3 is 12.1 Å². The minimum absolute atomic E-state index is 0.0391. The van der Waals surface area contributed by atoms with Crippen molar-refractivity contribution in [1.82, 2.24) is 10.2 Å². The fourth-order valence-corrected chi connectivity index (χ4v) is 3.97. The quantitative estimate of drug-likeness (QED) is 0.602. The normalized spacial score (nSPS) is 17.1. The maximum atomic E-state index is 13.0. The van der Waals surface area contributed by atoms with Crippen molar-refractivity contribution in [3.05, 3.63) is 70.2 Å². The van der Waals surface area contributed by atoms with E-state index in [0.717, 1.165) is 12.1 Å². The van der Waals surface area contributed by atoms with Gasteiger partial charge in [-0.1, -0.05) is 41.9 Å². The van der Waals surface area contributed by atoms with Crippen LogP contribution in [-0.2, 0) is 31.8 Å². The monoisotopic (exact) mass is 482 g/mol. The molecule has 0 bridgehead atoms. The molecule has 1 saturated heterocycles. The molecule has 176 valence electrons. The van der Waals surface area contributed by atoms with Crippen LogP contribution in [0.4, 0.5) is 13.2 Å². The van der Waals surface area contributed by atoms with E-state index in [2.05, 4.69) is 5.32 Å². The Balaban J connectivity index is 1.69. The van der Waals surface area contributed by atoms with E-state index in [1.54, 1.807) is 24.3 Å². The molecular formula is C23H22ClF3N2O4. The third kappa shape index (κ3) is 6.25. The lowest BCUT2D eigenvalue weighted by molar-refractivity contribution is -0.141. The lowest BCUT2D eigenvalue weighted by Crippen LogP contribution is -2.36. The first-order valence-electron chi connectivity index (χ1n) is 10.1. The zero-order valence-electron chi connectivity index (χ0n) is 17.7. The third-order valence-corrected chi connectivity index (χ3v) is 5.75. The van der Waals surface area contributed by atoms with E-state index in [9.17, 15) is 27.6 Å². The molecule has 1 aliphatic rings. The minimum Gasteiger partial charge on any atom is -0.469 e. The van der Waals surface area contributed by atoms with Gasteiger partial charge in [0.15, 0.2) is 0 Å². The number of esters is 1. The highest BCUT2D eigenvalue weighted by Crippen LogP contribution is 2.31. The first-order chi connectivity index (χ1) is 15.6. The molecule has 0 saturated carbocycles. The summed E-state index contributed by atoms with van der Waals surface area (Å²) in [5, 5.41) is 3.12. The molecule has 1 aliphatic heterocycles. The number of carbonyl (C=O) groups is 3. The Labute approximate surface area is 193 Å². The zero-order chi connectivity index (χ0) is 24.2. The molecule has 2 amide bonds. The number of carbonyl (C=O) groups excluding carboxylic acids is 3. The predicted octanol–water partition coefficient (Wildman–Crippen LogP) is 4.13.